The molecule has 0 fully saturated rings. The van der Waals surface area contributed by atoms with Crippen molar-refractivity contribution in [2.24, 2.45) is 11.3 Å². The first-order valence-electron chi connectivity index (χ1n) is 6.39. The van der Waals surface area contributed by atoms with Crippen LogP contribution < -0.4 is 0 Å². The van der Waals surface area contributed by atoms with Gasteiger partial charge in [-0.05, 0) is 43.4 Å². The third-order valence-corrected chi connectivity index (χ3v) is 2.75. The van der Waals surface area contributed by atoms with Gasteiger partial charge in [-0.3, -0.25) is 4.39 Å². The van der Waals surface area contributed by atoms with Crippen LogP contribution in [-0.4, -0.2) is 12.9 Å². The van der Waals surface area contributed by atoms with Gasteiger partial charge < -0.3 is 5.41 Å². The summed E-state index contributed by atoms with van der Waals surface area (Å²) in [5, 5.41) is 7.44. The van der Waals surface area contributed by atoms with E-state index in [2.05, 4.69) is 38.3 Å². The molecule has 1 N–H and O–H groups in total. The SMILES string of the molecule is CC(C)(C)C(C=N)CCC1=C=C=CC=C1.CCF. The van der Waals surface area contributed by atoms with Crippen LogP contribution in [0.1, 0.15) is 40.5 Å². The van der Waals surface area contributed by atoms with E-state index >= 15 is 0 Å². The Hall–Kier alpha value is -1.36. The topological polar surface area (TPSA) is 23.9 Å². The lowest BCUT2D eigenvalue weighted by Crippen LogP contribution is -2.21. The van der Waals surface area contributed by atoms with E-state index in [1.807, 2.05) is 12.2 Å². The largest absolute Gasteiger partial charge is 0.313 e. The molecule has 0 amide bonds. The van der Waals surface area contributed by atoms with Gasteiger partial charge in [0, 0.05) is 5.57 Å². The maximum atomic E-state index is 10.3. The van der Waals surface area contributed by atoms with Gasteiger partial charge in [-0.1, -0.05) is 44.4 Å². The average Bonchev–Trinajstić information content (AvgIpc) is 2.30. The highest BCUT2D eigenvalue weighted by Crippen LogP contribution is 2.29. The molecule has 1 atom stereocenters. The van der Waals surface area contributed by atoms with Gasteiger partial charge in [0.1, 0.15) is 0 Å². The first kappa shape index (κ1) is 16.6. The normalized spacial score (nSPS) is 14.6. The molecular formula is C16H24FN. The predicted molar refractivity (Wildman–Crippen MR) is 76.9 cm³/mol. The summed E-state index contributed by atoms with van der Waals surface area (Å²) in [5.41, 5.74) is 7.43. The fourth-order valence-electron chi connectivity index (χ4n) is 1.61. The summed E-state index contributed by atoms with van der Waals surface area (Å²) in [6.07, 6.45) is 9.49. The van der Waals surface area contributed by atoms with Crippen molar-refractivity contribution in [2.45, 2.75) is 40.5 Å². The Balaban J connectivity index is 0.000000873. The second-order valence-electron chi connectivity index (χ2n) is 5.27. The zero-order chi connectivity index (χ0) is 14.0. The van der Waals surface area contributed by atoms with Crippen LogP contribution in [0.4, 0.5) is 4.39 Å². The predicted octanol–water partition coefficient (Wildman–Crippen LogP) is 4.86. The van der Waals surface area contributed by atoms with Gasteiger partial charge in [-0.15, -0.1) is 0 Å². The molecule has 0 aromatic rings. The molecule has 2 heteroatoms. The molecule has 0 heterocycles. The van der Waals surface area contributed by atoms with Crippen molar-refractivity contribution >= 4 is 6.21 Å². The van der Waals surface area contributed by atoms with Crippen molar-refractivity contribution in [1.29, 1.82) is 5.41 Å². The molecule has 0 spiro atoms. The zero-order valence-electron chi connectivity index (χ0n) is 11.9. The van der Waals surface area contributed by atoms with Crippen LogP contribution in [0.15, 0.2) is 35.3 Å². The molecule has 0 aromatic carbocycles. The van der Waals surface area contributed by atoms with Crippen molar-refractivity contribution in [3.8, 4) is 0 Å². The van der Waals surface area contributed by atoms with E-state index in [9.17, 15) is 4.39 Å². The van der Waals surface area contributed by atoms with Gasteiger partial charge in [0.25, 0.3) is 0 Å². The summed E-state index contributed by atoms with van der Waals surface area (Å²) in [7, 11) is 0. The summed E-state index contributed by atoms with van der Waals surface area (Å²) in [6.45, 7) is 7.76. The van der Waals surface area contributed by atoms with Gasteiger partial charge in [0.2, 0.25) is 0 Å². The summed E-state index contributed by atoms with van der Waals surface area (Å²) in [6, 6.07) is 0. The molecule has 100 valence electrons. The van der Waals surface area contributed by atoms with E-state index in [4.69, 9.17) is 5.41 Å². The minimum atomic E-state index is -0.250. The van der Waals surface area contributed by atoms with Gasteiger partial charge in [0.15, 0.2) is 0 Å². The molecule has 0 aliphatic heterocycles. The van der Waals surface area contributed by atoms with E-state index in [0.717, 1.165) is 12.8 Å². The van der Waals surface area contributed by atoms with Crippen LogP contribution in [0.25, 0.3) is 0 Å². The Morgan fingerprint density at radius 2 is 2.06 bits per heavy atom. The number of hydrogen-bond donors (Lipinski definition) is 1. The fraction of sp³-hybridized carbons (Fsp3) is 0.562. The van der Waals surface area contributed by atoms with Gasteiger partial charge >= 0.3 is 0 Å². The van der Waals surface area contributed by atoms with Crippen molar-refractivity contribution in [3.63, 3.8) is 0 Å². The Labute approximate surface area is 110 Å². The van der Waals surface area contributed by atoms with E-state index in [0.29, 0.717) is 5.92 Å². The summed E-state index contributed by atoms with van der Waals surface area (Å²) >= 11 is 0. The minimum absolute atomic E-state index is 0.181. The van der Waals surface area contributed by atoms with Crippen LogP contribution in [0, 0.1) is 16.7 Å². The molecule has 0 saturated carbocycles. The van der Waals surface area contributed by atoms with Crippen LogP contribution >= 0.6 is 0 Å². The molecule has 0 radical (unpaired) electrons. The van der Waals surface area contributed by atoms with Gasteiger partial charge in [-0.2, -0.15) is 0 Å². The fourth-order valence-corrected chi connectivity index (χ4v) is 1.61. The molecule has 0 aromatic heterocycles. The Kier molecular flexibility index (Phi) is 8.03. The van der Waals surface area contributed by atoms with Crippen molar-refractivity contribution in [3.05, 3.63) is 35.3 Å². The highest BCUT2D eigenvalue weighted by atomic mass is 19.1. The summed E-state index contributed by atoms with van der Waals surface area (Å²) in [4.78, 5) is 0. The zero-order valence-corrected chi connectivity index (χ0v) is 11.9. The second-order valence-corrected chi connectivity index (χ2v) is 5.27. The number of hydrogen-bond acceptors (Lipinski definition) is 1. The molecular weight excluding hydrogens is 225 g/mol. The number of allylic oxidation sites excluding steroid dienone is 4. The summed E-state index contributed by atoms with van der Waals surface area (Å²) in [5.74, 6) is 0.339. The van der Waals surface area contributed by atoms with Crippen molar-refractivity contribution in [1.82, 2.24) is 0 Å². The molecule has 18 heavy (non-hydrogen) atoms. The molecule has 0 saturated heterocycles. The van der Waals surface area contributed by atoms with Gasteiger partial charge in [-0.25, -0.2) is 0 Å². The minimum Gasteiger partial charge on any atom is -0.313 e. The van der Waals surface area contributed by atoms with Crippen LogP contribution in [-0.2, 0) is 0 Å². The van der Waals surface area contributed by atoms with E-state index in [1.54, 1.807) is 6.21 Å². The lowest BCUT2D eigenvalue weighted by Gasteiger charge is -2.27. The lowest BCUT2D eigenvalue weighted by molar-refractivity contribution is 0.302. The van der Waals surface area contributed by atoms with Crippen LogP contribution in [0.3, 0.4) is 0 Å². The monoisotopic (exact) mass is 249 g/mol. The average molecular weight is 249 g/mol. The first-order chi connectivity index (χ1) is 8.45. The standard InChI is InChI=1S/C14H19N.C2H5F/c1-14(2,3)13(11-15)10-9-12-7-5-4-6-8-12;1-2-3/h4-5,7,11,13,15H,9-10H2,1-3H3;2H2,1H3. The highest BCUT2D eigenvalue weighted by molar-refractivity contribution is 5.58. The van der Waals surface area contributed by atoms with E-state index in [1.165, 1.54) is 12.5 Å². The molecule has 0 bridgehead atoms. The molecule has 1 aliphatic carbocycles. The van der Waals surface area contributed by atoms with Crippen LogP contribution in [0.2, 0.25) is 0 Å². The van der Waals surface area contributed by atoms with Crippen molar-refractivity contribution < 1.29 is 4.39 Å². The van der Waals surface area contributed by atoms with Gasteiger partial charge in [0.05, 0.1) is 6.67 Å². The lowest BCUT2D eigenvalue weighted by atomic mass is 9.78. The summed E-state index contributed by atoms with van der Waals surface area (Å²) < 4.78 is 10.3. The Bertz CT molecular complexity index is 372. The van der Waals surface area contributed by atoms with E-state index in [-0.39, 0.29) is 12.1 Å². The smallest absolute Gasteiger partial charge is 0.0866 e. The van der Waals surface area contributed by atoms with Crippen molar-refractivity contribution in [2.75, 3.05) is 6.67 Å². The maximum absolute atomic E-state index is 10.3. The third kappa shape index (κ3) is 7.06. The number of nitrogens with one attached hydrogen (secondary N) is 1. The maximum Gasteiger partial charge on any atom is 0.0866 e. The number of rotatable bonds is 4. The Morgan fingerprint density at radius 1 is 1.44 bits per heavy atom. The number of halogens is 1. The third-order valence-electron chi connectivity index (χ3n) is 2.75. The molecule has 1 aliphatic rings. The Morgan fingerprint density at radius 3 is 2.44 bits per heavy atom. The quantitative estimate of drug-likeness (QED) is 0.543. The van der Waals surface area contributed by atoms with Crippen LogP contribution in [0.5, 0.6) is 0 Å². The molecule has 1 unspecified atom stereocenters. The highest BCUT2D eigenvalue weighted by Gasteiger charge is 2.22. The first-order valence-corrected chi connectivity index (χ1v) is 6.39. The number of alkyl halides is 1. The second kappa shape index (κ2) is 8.69. The molecule has 1 nitrogen and oxygen atoms in total. The van der Waals surface area contributed by atoms with E-state index < -0.39 is 0 Å². The molecule has 1 rings (SSSR count).